The number of hydrogen-bond donors (Lipinski definition) is 1. The summed E-state index contributed by atoms with van der Waals surface area (Å²) in [6.45, 7) is 2.96. The van der Waals surface area contributed by atoms with Crippen molar-refractivity contribution >= 4 is 21.8 Å². The topological polar surface area (TPSA) is 99.4 Å². The minimum absolute atomic E-state index is 0.108. The quantitative estimate of drug-likeness (QED) is 0.603. The molecule has 1 aliphatic heterocycles. The van der Waals surface area contributed by atoms with Crippen molar-refractivity contribution in [2.75, 3.05) is 13.2 Å². The fourth-order valence-corrected chi connectivity index (χ4v) is 3.66. The summed E-state index contributed by atoms with van der Waals surface area (Å²) in [6, 6.07) is 7.15. The highest BCUT2D eigenvalue weighted by molar-refractivity contribution is 9.10. The number of aryl methyl sites for hydroxylation is 1. The van der Waals surface area contributed by atoms with Crippen molar-refractivity contribution in [3.63, 3.8) is 0 Å². The number of pyridine rings is 1. The van der Waals surface area contributed by atoms with E-state index in [4.69, 9.17) is 14.0 Å². The van der Waals surface area contributed by atoms with Gasteiger partial charge in [-0.25, -0.2) is 0 Å². The summed E-state index contributed by atoms with van der Waals surface area (Å²) in [5.74, 6) is 2.18. The van der Waals surface area contributed by atoms with Crippen LogP contribution in [0.5, 0.6) is 11.5 Å². The van der Waals surface area contributed by atoms with Crippen molar-refractivity contribution in [1.82, 2.24) is 20.4 Å². The van der Waals surface area contributed by atoms with E-state index in [1.165, 1.54) is 0 Å². The molecule has 29 heavy (non-hydrogen) atoms. The number of nitrogens with one attached hydrogen (secondary N) is 1. The Morgan fingerprint density at radius 1 is 1.21 bits per heavy atom. The number of rotatable bonds is 6. The van der Waals surface area contributed by atoms with Crippen LogP contribution in [0.15, 0.2) is 45.7 Å². The number of nitrogens with zero attached hydrogens (tertiary/aromatic N) is 3. The van der Waals surface area contributed by atoms with Crippen LogP contribution in [0.25, 0.3) is 11.4 Å². The normalized spacial score (nSPS) is 13.7. The minimum atomic E-state index is -0.206. The Kier molecular flexibility index (Phi) is 5.75. The average Bonchev–Trinajstić information content (AvgIpc) is 3.21. The van der Waals surface area contributed by atoms with Gasteiger partial charge < -0.3 is 19.3 Å². The zero-order chi connectivity index (χ0) is 20.2. The van der Waals surface area contributed by atoms with E-state index in [0.717, 1.165) is 15.6 Å². The lowest BCUT2D eigenvalue weighted by atomic mass is 10.1. The van der Waals surface area contributed by atoms with Crippen LogP contribution in [0.3, 0.4) is 0 Å². The molecule has 8 nitrogen and oxygen atoms in total. The second-order valence-corrected chi connectivity index (χ2v) is 7.41. The van der Waals surface area contributed by atoms with Crippen LogP contribution in [0.4, 0.5) is 0 Å². The molecule has 0 saturated carbocycles. The molecule has 0 fully saturated rings. The van der Waals surface area contributed by atoms with Crippen molar-refractivity contribution in [2.45, 2.75) is 25.8 Å². The van der Waals surface area contributed by atoms with Crippen molar-refractivity contribution < 1.29 is 18.8 Å². The summed E-state index contributed by atoms with van der Waals surface area (Å²) in [4.78, 5) is 20.7. The lowest BCUT2D eigenvalue weighted by molar-refractivity contribution is -0.121. The molecule has 4 rings (SSSR count). The van der Waals surface area contributed by atoms with Crippen LogP contribution in [0.1, 0.15) is 30.8 Å². The lowest BCUT2D eigenvalue weighted by Crippen LogP contribution is -2.27. The fraction of sp³-hybridized carbons (Fsp3) is 0.300. The Balaban J connectivity index is 1.35. The Morgan fingerprint density at radius 3 is 2.69 bits per heavy atom. The molecule has 1 amide bonds. The molecule has 0 saturated heterocycles. The first-order valence-electron chi connectivity index (χ1n) is 9.21. The van der Waals surface area contributed by atoms with Gasteiger partial charge in [0, 0.05) is 35.3 Å². The fourth-order valence-electron chi connectivity index (χ4n) is 3.00. The third kappa shape index (κ3) is 4.56. The number of halogens is 1. The van der Waals surface area contributed by atoms with E-state index in [0.29, 0.717) is 42.8 Å². The van der Waals surface area contributed by atoms with E-state index >= 15 is 0 Å². The maximum absolute atomic E-state index is 12.4. The SMILES string of the molecule is CC(NC(=O)CCc1nc(-c2ccncc2)no1)c1cc2c(cc1Br)OCCO2. The summed E-state index contributed by atoms with van der Waals surface area (Å²) in [6.07, 6.45) is 3.93. The van der Waals surface area contributed by atoms with Gasteiger partial charge in [0.15, 0.2) is 11.5 Å². The molecule has 1 N–H and O–H groups in total. The molecule has 3 aromatic rings. The second kappa shape index (κ2) is 8.60. The minimum Gasteiger partial charge on any atom is -0.486 e. The van der Waals surface area contributed by atoms with Crippen LogP contribution in [-0.4, -0.2) is 34.2 Å². The average molecular weight is 459 g/mol. The van der Waals surface area contributed by atoms with E-state index in [-0.39, 0.29) is 18.4 Å². The number of ether oxygens (including phenoxy) is 2. The summed E-state index contributed by atoms with van der Waals surface area (Å²) in [5, 5.41) is 6.94. The molecule has 0 spiro atoms. The van der Waals surface area contributed by atoms with Gasteiger partial charge in [0.2, 0.25) is 17.6 Å². The van der Waals surface area contributed by atoms with Crippen molar-refractivity contribution in [3.05, 3.63) is 52.6 Å². The number of hydrogen-bond acceptors (Lipinski definition) is 7. The first-order valence-corrected chi connectivity index (χ1v) is 10.0. The number of fused-ring (bicyclic) bond motifs is 1. The molecule has 1 aliphatic rings. The van der Waals surface area contributed by atoms with Crippen molar-refractivity contribution in [3.8, 4) is 22.9 Å². The molecule has 2 aromatic heterocycles. The van der Waals surface area contributed by atoms with E-state index in [1.807, 2.05) is 19.1 Å². The third-order valence-corrected chi connectivity index (χ3v) is 5.16. The second-order valence-electron chi connectivity index (χ2n) is 6.55. The molecular weight excluding hydrogens is 440 g/mol. The predicted octanol–water partition coefficient (Wildman–Crippen LogP) is 3.48. The summed E-state index contributed by atoms with van der Waals surface area (Å²) >= 11 is 3.54. The molecular formula is C20H19BrN4O4. The number of benzene rings is 1. The third-order valence-electron chi connectivity index (χ3n) is 4.48. The van der Waals surface area contributed by atoms with Crippen LogP contribution in [0.2, 0.25) is 0 Å². The Labute approximate surface area is 175 Å². The Hall–Kier alpha value is -2.94. The van der Waals surface area contributed by atoms with E-state index < -0.39 is 0 Å². The molecule has 9 heteroatoms. The van der Waals surface area contributed by atoms with Crippen molar-refractivity contribution in [2.24, 2.45) is 0 Å². The summed E-state index contributed by atoms with van der Waals surface area (Å²) in [5.41, 5.74) is 1.73. The Morgan fingerprint density at radius 2 is 1.93 bits per heavy atom. The monoisotopic (exact) mass is 458 g/mol. The van der Waals surface area contributed by atoms with E-state index in [2.05, 4.69) is 36.4 Å². The molecule has 0 aliphatic carbocycles. The predicted molar refractivity (Wildman–Crippen MR) is 108 cm³/mol. The smallest absolute Gasteiger partial charge is 0.227 e. The maximum Gasteiger partial charge on any atom is 0.227 e. The Bertz CT molecular complexity index is 1010. The molecule has 1 atom stereocenters. The molecule has 0 bridgehead atoms. The first kappa shape index (κ1) is 19.4. The zero-order valence-electron chi connectivity index (χ0n) is 15.7. The number of aromatic nitrogens is 3. The largest absolute Gasteiger partial charge is 0.486 e. The highest BCUT2D eigenvalue weighted by atomic mass is 79.9. The highest BCUT2D eigenvalue weighted by Gasteiger charge is 2.19. The first-order chi connectivity index (χ1) is 14.1. The molecule has 1 unspecified atom stereocenters. The standard InChI is InChI=1S/C20H19BrN4O4/c1-12(14-10-16-17(11-15(14)21)28-9-8-27-16)23-18(26)2-3-19-24-20(25-29-19)13-4-6-22-7-5-13/h4-7,10-12H,2-3,8-9H2,1H3,(H,23,26). The van der Waals surface area contributed by atoms with Crippen molar-refractivity contribution in [1.29, 1.82) is 0 Å². The molecule has 150 valence electrons. The van der Waals surface area contributed by atoms with Crippen LogP contribution >= 0.6 is 15.9 Å². The van der Waals surface area contributed by atoms with Gasteiger partial charge in [-0.2, -0.15) is 4.98 Å². The van der Waals surface area contributed by atoms with Gasteiger partial charge in [-0.1, -0.05) is 21.1 Å². The molecule has 0 radical (unpaired) electrons. The van der Waals surface area contributed by atoms with Gasteiger partial charge in [-0.3, -0.25) is 9.78 Å². The van der Waals surface area contributed by atoms with Gasteiger partial charge in [0.1, 0.15) is 13.2 Å². The van der Waals surface area contributed by atoms with E-state index in [9.17, 15) is 4.79 Å². The van der Waals surface area contributed by atoms with Crippen LogP contribution < -0.4 is 14.8 Å². The van der Waals surface area contributed by atoms with Gasteiger partial charge in [-0.15, -0.1) is 0 Å². The maximum atomic E-state index is 12.4. The summed E-state index contributed by atoms with van der Waals surface area (Å²) < 4.78 is 17.3. The lowest BCUT2D eigenvalue weighted by Gasteiger charge is -2.22. The van der Waals surface area contributed by atoms with Gasteiger partial charge in [0.25, 0.3) is 0 Å². The van der Waals surface area contributed by atoms with Gasteiger partial charge in [0.05, 0.1) is 6.04 Å². The van der Waals surface area contributed by atoms with Gasteiger partial charge >= 0.3 is 0 Å². The highest BCUT2D eigenvalue weighted by Crippen LogP contribution is 2.37. The van der Waals surface area contributed by atoms with E-state index in [1.54, 1.807) is 24.5 Å². The number of carbonyl (C=O) groups is 1. The zero-order valence-corrected chi connectivity index (χ0v) is 17.3. The molecule has 1 aromatic carbocycles. The van der Waals surface area contributed by atoms with Crippen LogP contribution in [-0.2, 0) is 11.2 Å². The van der Waals surface area contributed by atoms with Gasteiger partial charge in [-0.05, 0) is 36.8 Å². The molecule has 3 heterocycles. The van der Waals surface area contributed by atoms with Crippen LogP contribution in [0, 0.1) is 0 Å². The number of carbonyl (C=O) groups excluding carboxylic acids is 1. The number of amides is 1. The summed E-state index contributed by atoms with van der Waals surface area (Å²) in [7, 11) is 0.